The monoisotopic (exact) mass is 523 g/mol. The summed E-state index contributed by atoms with van der Waals surface area (Å²) in [5, 5.41) is 21.9. The fraction of sp³-hybridized carbons (Fsp3) is 0.222. The number of aliphatic hydroxyl groups is 1. The number of carbonyl (C=O) groups excluding carboxylic acids is 1. The molecule has 1 fully saturated rings. The van der Waals surface area contributed by atoms with Gasteiger partial charge in [0, 0.05) is 35.2 Å². The van der Waals surface area contributed by atoms with Gasteiger partial charge in [-0.2, -0.15) is 18.3 Å². The summed E-state index contributed by atoms with van der Waals surface area (Å²) in [6.07, 6.45) is 0.111. The average Bonchev–Trinajstić information content (AvgIpc) is 3.65. The Morgan fingerprint density at radius 1 is 1.11 bits per heavy atom. The van der Waals surface area contributed by atoms with E-state index in [1.165, 1.54) is 4.68 Å². The van der Waals surface area contributed by atoms with E-state index in [9.17, 15) is 27.5 Å². The molecule has 38 heavy (non-hydrogen) atoms. The summed E-state index contributed by atoms with van der Waals surface area (Å²) in [6, 6.07) is 10.3. The Hall–Kier alpha value is -4.25. The van der Waals surface area contributed by atoms with E-state index < -0.39 is 29.5 Å². The van der Waals surface area contributed by atoms with Gasteiger partial charge in [0.2, 0.25) is 0 Å². The molecule has 194 valence electrons. The van der Waals surface area contributed by atoms with Crippen molar-refractivity contribution in [1.29, 1.82) is 0 Å². The van der Waals surface area contributed by atoms with Crippen molar-refractivity contribution in [2.75, 3.05) is 10.6 Å². The predicted octanol–water partition coefficient (Wildman–Crippen LogP) is 5.40. The molecule has 1 amide bonds. The minimum atomic E-state index is -4.86. The van der Waals surface area contributed by atoms with E-state index in [1.807, 2.05) is 12.1 Å². The largest absolute Gasteiger partial charge is 0.419 e. The van der Waals surface area contributed by atoms with Crippen molar-refractivity contribution in [3.63, 3.8) is 0 Å². The van der Waals surface area contributed by atoms with E-state index in [-0.39, 0.29) is 23.7 Å². The van der Waals surface area contributed by atoms with Crippen LogP contribution in [0.2, 0.25) is 0 Å². The Bertz CT molecular complexity index is 1610. The number of benzene rings is 2. The zero-order valence-corrected chi connectivity index (χ0v) is 19.8. The Kier molecular flexibility index (Phi) is 5.68. The highest BCUT2D eigenvalue weighted by Gasteiger charge is 2.41. The van der Waals surface area contributed by atoms with Gasteiger partial charge < -0.3 is 15.7 Å². The molecule has 0 radical (unpaired) electrons. The maximum absolute atomic E-state index is 14.7. The van der Waals surface area contributed by atoms with Crippen molar-refractivity contribution >= 4 is 28.2 Å². The average molecular weight is 523 g/mol. The first kappa shape index (κ1) is 24.1. The number of carbonyl (C=O) groups is 1. The minimum absolute atomic E-state index is 0.0291. The summed E-state index contributed by atoms with van der Waals surface area (Å²) >= 11 is 0. The Morgan fingerprint density at radius 3 is 2.63 bits per heavy atom. The van der Waals surface area contributed by atoms with Crippen LogP contribution < -0.4 is 10.6 Å². The van der Waals surface area contributed by atoms with Crippen molar-refractivity contribution in [1.82, 2.24) is 14.8 Å². The molecule has 11 heteroatoms. The van der Waals surface area contributed by atoms with Gasteiger partial charge in [0.15, 0.2) is 0 Å². The Balaban J connectivity index is 1.47. The van der Waals surface area contributed by atoms with Gasteiger partial charge in [0.05, 0.1) is 23.4 Å². The van der Waals surface area contributed by atoms with E-state index in [0.29, 0.717) is 29.0 Å². The molecule has 1 aliphatic heterocycles. The topological polar surface area (TPSA) is 92.1 Å². The highest BCUT2D eigenvalue weighted by molar-refractivity contribution is 6.07. The number of pyridine rings is 1. The number of rotatable bonds is 5. The zero-order chi connectivity index (χ0) is 26.6. The third-order valence-corrected chi connectivity index (χ3v) is 6.76. The molecule has 3 heterocycles. The molecule has 1 saturated carbocycles. The van der Waals surface area contributed by atoms with Crippen LogP contribution in [0.15, 0.2) is 72.2 Å². The van der Waals surface area contributed by atoms with Gasteiger partial charge in [-0.05, 0) is 60.0 Å². The van der Waals surface area contributed by atoms with Crippen molar-refractivity contribution in [2.45, 2.75) is 31.7 Å². The number of nitrogens with one attached hydrogen (secondary N) is 2. The molecule has 1 unspecified atom stereocenters. The van der Waals surface area contributed by atoms with Gasteiger partial charge in [-0.25, -0.2) is 9.07 Å². The number of fused-ring (bicyclic) bond motifs is 2. The number of aliphatic hydroxyl groups excluding tert-OH is 1. The standard InChI is InChI=1S/C27H21F4N5O2/c28-21-10-16(4-6-20(21)27(29,30)31)25-23(24(14-1-2-14)34-22-11-19(13-37)35-36(22)25)26(38)33-18-5-3-17-12-32-8-7-15(17)9-18/h3-12,14,25,34,37H,1-2,13H2,(H,33,38). The summed E-state index contributed by atoms with van der Waals surface area (Å²) in [6.45, 7) is -0.387. The van der Waals surface area contributed by atoms with Crippen molar-refractivity contribution < 1.29 is 27.5 Å². The summed E-state index contributed by atoms with van der Waals surface area (Å²) in [4.78, 5) is 17.9. The quantitative estimate of drug-likeness (QED) is 0.305. The summed E-state index contributed by atoms with van der Waals surface area (Å²) < 4.78 is 55.9. The number of anilines is 2. The number of nitrogens with zero attached hydrogens (tertiary/aromatic N) is 3. The first-order valence-corrected chi connectivity index (χ1v) is 11.9. The molecule has 2 aromatic carbocycles. The zero-order valence-electron chi connectivity index (χ0n) is 19.8. The second-order valence-electron chi connectivity index (χ2n) is 9.38. The van der Waals surface area contributed by atoms with Crippen LogP contribution in [-0.4, -0.2) is 25.8 Å². The normalized spacial score (nSPS) is 17.3. The summed E-state index contributed by atoms with van der Waals surface area (Å²) in [5.74, 6) is -1.46. The van der Waals surface area contributed by atoms with Crippen molar-refractivity contribution in [3.8, 4) is 0 Å². The molecule has 3 N–H and O–H groups in total. The van der Waals surface area contributed by atoms with Crippen LogP contribution in [0.1, 0.15) is 35.7 Å². The Morgan fingerprint density at radius 2 is 1.92 bits per heavy atom. The van der Waals surface area contributed by atoms with Crippen LogP contribution >= 0.6 is 0 Å². The molecule has 4 aromatic rings. The van der Waals surface area contributed by atoms with Crippen LogP contribution in [0.3, 0.4) is 0 Å². The number of halogens is 4. The molecule has 1 atom stereocenters. The van der Waals surface area contributed by atoms with E-state index in [2.05, 4.69) is 20.7 Å². The van der Waals surface area contributed by atoms with E-state index in [1.54, 1.807) is 30.6 Å². The first-order chi connectivity index (χ1) is 18.2. The fourth-order valence-corrected chi connectivity index (χ4v) is 4.83. The first-order valence-electron chi connectivity index (χ1n) is 11.9. The lowest BCUT2D eigenvalue weighted by Gasteiger charge is -2.31. The Labute approximate surface area is 213 Å². The second-order valence-corrected chi connectivity index (χ2v) is 9.38. The lowest BCUT2D eigenvalue weighted by atomic mass is 9.92. The van der Waals surface area contributed by atoms with Gasteiger partial charge in [-0.1, -0.05) is 12.1 Å². The minimum Gasteiger partial charge on any atom is -0.390 e. The van der Waals surface area contributed by atoms with Gasteiger partial charge in [-0.3, -0.25) is 9.78 Å². The second kappa shape index (κ2) is 8.95. The maximum atomic E-state index is 14.7. The van der Waals surface area contributed by atoms with Crippen LogP contribution in [-0.2, 0) is 17.6 Å². The molecular weight excluding hydrogens is 502 g/mol. The third-order valence-electron chi connectivity index (χ3n) is 6.76. The fourth-order valence-electron chi connectivity index (χ4n) is 4.83. The number of aromatic nitrogens is 3. The van der Waals surface area contributed by atoms with Gasteiger partial charge in [0.25, 0.3) is 5.91 Å². The van der Waals surface area contributed by atoms with E-state index >= 15 is 0 Å². The van der Waals surface area contributed by atoms with E-state index in [4.69, 9.17) is 0 Å². The number of alkyl halides is 3. The molecule has 2 aromatic heterocycles. The number of allylic oxidation sites excluding steroid dienone is 1. The molecule has 7 nitrogen and oxygen atoms in total. The van der Waals surface area contributed by atoms with E-state index in [0.717, 1.165) is 35.7 Å². The van der Waals surface area contributed by atoms with Crippen LogP contribution in [0.4, 0.5) is 29.1 Å². The molecular formula is C27H21F4N5O2. The van der Waals surface area contributed by atoms with Crippen molar-refractivity contribution in [2.24, 2.45) is 5.92 Å². The number of hydrogen-bond donors (Lipinski definition) is 3. The lowest BCUT2D eigenvalue weighted by molar-refractivity contribution is -0.140. The molecule has 6 rings (SSSR count). The van der Waals surface area contributed by atoms with Crippen LogP contribution in [0, 0.1) is 11.7 Å². The molecule has 0 bridgehead atoms. The molecule has 2 aliphatic rings. The summed E-state index contributed by atoms with van der Waals surface area (Å²) in [7, 11) is 0. The maximum Gasteiger partial charge on any atom is 0.419 e. The van der Waals surface area contributed by atoms with Crippen LogP contribution in [0.25, 0.3) is 10.8 Å². The van der Waals surface area contributed by atoms with Gasteiger partial charge in [-0.15, -0.1) is 0 Å². The molecule has 0 saturated heterocycles. The predicted molar refractivity (Wildman–Crippen MR) is 131 cm³/mol. The smallest absolute Gasteiger partial charge is 0.390 e. The number of amides is 1. The lowest BCUT2D eigenvalue weighted by Crippen LogP contribution is -2.32. The highest BCUT2D eigenvalue weighted by Crippen LogP contribution is 2.46. The third kappa shape index (κ3) is 4.28. The highest BCUT2D eigenvalue weighted by atomic mass is 19.4. The number of hydrogen-bond acceptors (Lipinski definition) is 5. The van der Waals surface area contributed by atoms with Gasteiger partial charge >= 0.3 is 6.18 Å². The van der Waals surface area contributed by atoms with Crippen molar-refractivity contribution in [3.05, 3.63) is 94.8 Å². The molecule has 1 aliphatic carbocycles. The SMILES string of the molecule is O=C(Nc1ccc2cnccc2c1)C1=C(C2CC2)Nc2cc(CO)nn2C1c1ccc(C(F)(F)F)c(F)c1. The van der Waals surface area contributed by atoms with Crippen LogP contribution in [0.5, 0.6) is 0 Å². The van der Waals surface area contributed by atoms with Gasteiger partial charge in [0.1, 0.15) is 17.7 Å². The summed E-state index contributed by atoms with van der Waals surface area (Å²) in [5.41, 5.74) is 0.366. The molecule has 0 spiro atoms.